The van der Waals surface area contributed by atoms with E-state index in [4.69, 9.17) is 4.74 Å². The summed E-state index contributed by atoms with van der Waals surface area (Å²) in [5, 5.41) is 3.45. The van der Waals surface area contributed by atoms with Crippen molar-refractivity contribution in [2.75, 3.05) is 39.4 Å². The molecule has 0 spiro atoms. The fraction of sp³-hybridized carbons (Fsp3) is 1.00. The van der Waals surface area contributed by atoms with Crippen LogP contribution in [0.1, 0.15) is 39.0 Å². The van der Waals surface area contributed by atoms with Gasteiger partial charge in [0.15, 0.2) is 0 Å². The van der Waals surface area contributed by atoms with Gasteiger partial charge in [-0.25, -0.2) is 0 Å². The van der Waals surface area contributed by atoms with Gasteiger partial charge in [0.25, 0.3) is 0 Å². The topological polar surface area (TPSA) is 24.5 Å². The van der Waals surface area contributed by atoms with Gasteiger partial charge in [0, 0.05) is 38.9 Å². The van der Waals surface area contributed by atoms with Crippen molar-refractivity contribution in [1.29, 1.82) is 0 Å². The summed E-state index contributed by atoms with van der Waals surface area (Å²) in [6.45, 7) is 9.21. The van der Waals surface area contributed by atoms with Crippen LogP contribution in [0.25, 0.3) is 0 Å². The molecule has 2 rings (SSSR count). The first-order valence-corrected chi connectivity index (χ1v) is 7.39. The van der Waals surface area contributed by atoms with Gasteiger partial charge in [0.2, 0.25) is 0 Å². The van der Waals surface area contributed by atoms with Crippen LogP contribution in [-0.2, 0) is 4.74 Å². The average molecular weight is 240 g/mol. The molecule has 0 bridgehead atoms. The van der Waals surface area contributed by atoms with E-state index < -0.39 is 0 Å². The van der Waals surface area contributed by atoms with Crippen molar-refractivity contribution in [3.8, 4) is 0 Å². The Balaban J connectivity index is 1.53. The number of hydrogen-bond acceptors (Lipinski definition) is 3. The molecule has 17 heavy (non-hydrogen) atoms. The summed E-state index contributed by atoms with van der Waals surface area (Å²) in [4.78, 5) is 2.64. The predicted molar refractivity (Wildman–Crippen MR) is 71.3 cm³/mol. The highest BCUT2D eigenvalue weighted by molar-refractivity contribution is 4.75. The molecule has 0 aromatic heterocycles. The third kappa shape index (κ3) is 4.57. The number of hydrogen-bond donors (Lipinski definition) is 1. The van der Waals surface area contributed by atoms with E-state index in [0.29, 0.717) is 0 Å². The largest absolute Gasteiger partial charge is 0.381 e. The third-order valence-corrected chi connectivity index (χ3v) is 4.29. The number of ether oxygens (including phenoxy) is 1. The van der Waals surface area contributed by atoms with Crippen LogP contribution in [0.4, 0.5) is 0 Å². The molecule has 3 nitrogen and oxygen atoms in total. The molecule has 1 atom stereocenters. The minimum absolute atomic E-state index is 0.729. The van der Waals surface area contributed by atoms with E-state index in [-0.39, 0.29) is 0 Å². The van der Waals surface area contributed by atoms with Crippen LogP contribution >= 0.6 is 0 Å². The molecule has 0 saturated carbocycles. The maximum Gasteiger partial charge on any atom is 0.0468 e. The van der Waals surface area contributed by atoms with Crippen molar-refractivity contribution in [3.63, 3.8) is 0 Å². The van der Waals surface area contributed by atoms with Crippen molar-refractivity contribution in [2.45, 2.75) is 45.1 Å². The third-order valence-electron chi connectivity index (χ3n) is 4.29. The molecule has 0 radical (unpaired) electrons. The van der Waals surface area contributed by atoms with E-state index in [1.165, 1.54) is 58.3 Å². The lowest BCUT2D eigenvalue weighted by molar-refractivity contribution is 0.0626. The standard InChI is InChI=1S/C14H28N2O/c1-13-12-15-7-9-16(13)8-3-2-4-14-5-10-17-11-6-14/h13-15H,2-12H2,1H3/t13-/m1/s1. The molecular weight excluding hydrogens is 212 g/mol. The van der Waals surface area contributed by atoms with Crippen molar-refractivity contribution >= 4 is 0 Å². The zero-order valence-corrected chi connectivity index (χ0v) is 11.3. The predicted octanol–water partition coefficient (Wildman–Crippen LogP) is 1.88. The molecule has 3 heteroatoms. The van der Waals surface area contributed by atoms with Crippen LogP contribution < -0.4 is 5.32 Å². The number of nitrogens with zero attached hydrogens (tertiary/aromatic N) is 1. The zero-order valence-electron chi connectivity index (χ0n) is 11.3. The van der Waals surface area contributed by atoms with Gasteiger partial charge in [-0.05, 0) is 38.6 Å². The molecule has 0 amide bonds. The summed E-state index contributed by atoms with van der Waals surface area (Å²) < 4.78 is 5.40. The Morgan fingerprint density at radius 2 is 2.06 bits per heavy atom. The Bertz CT molecular complexity index is 204. The first-order chi connectivity index (χ1) is 8.36. The van der Waals surface area contributed by atoms with E-state index in [2.05, 4.69) is 17.1 Å². The first kappa shape index (κ1) is 13.3. The smallest absolute Gasteiger partial charge is 0.0468 e. The normalized spacial score (nSPS) is 28.4. The number of unbranched alkanes of at least 4 members (excludes halogenated alkanes) is 1. The van der Waals surface area contributed by atoms with E-state index in [9.17, 15) is 0 Å². The number of piperazine rings is 1. The van der Waals surface area contributed by atoms with Crippen LogP contribution in [0.15, 0.2) is 0 Å². The van der Waals surface area contributed by atoms with Gasteiger partial charge in [0.05, 0.1) is 0 Å². The van der Waals surface area contributed by atoms with E-state index >= 15 is 0 Å². The summed E-state index contributed by atoms with van der Waals surface area (Å²) in [5.74, 6) is 0.948. The summed E-state index contributed by atoms with van der Waals surface area (Å²) in [6.07, 6.45) is 6.79. The van der Waals surface area contributed by atoms with Crippen molar-refractivity contribution < 1.29 is 4.74 Å². The van der Waals surface area contributed by atoms with Gasteiger partial charge < -0.3 is 10.1 Å². The van der Waals surface area contributed by atoms with Crippen molar-refractivity contribution in [1.82, 2.24) is 10.2 Å². The molecule has 2 saturated heterocycles. The van der Waals surface area contributed by atoms with Crippen LogP contribution in [0.5, 0.6) is 0 Å². The number of rotatable bonds is 5. The fourth-order valence-corrected chi connectivity index (χ4v) is 3.00. The van der Waals surface area contributed by atoms with Crippen LogP contribution in [0, 0.1) is 5.92 Å². The molecule has 2 aliphatic rings. The minimum Gasteiger partial charge on any atom is -0.381 e. The second-order valence-electron chi connectivity index (χ2n) is 5.64. The lowest BCUT2D eigenvalue weighted by Crippen LogP contribution is -2.49. The lowest BCUT2D eigenvalue weighted by atomic mass is 9.94. The molecule has 0 aliphatic carbocycles. The van der Waals surface area contributed by atoms with Gasteiger partial charge in [-0.15, -0.1) is 0 Å². The summed E-state index contributed by atoms with van der Waals surface area (Å²) in [6, 6.07) is 0.729. The Kier molecular flexibility index (Phi) is 5.75. The lowest BCUT2D eigenvalue weighted by Gasteiger charge is -2.34. The van der Waals surface area contributed by atoms with Gasteiger partial charge in [-0.3, -0.25) is 4.90 Å². The summed E-state index contributed by atoms with van der Waals surface area (Å²) >= 11 is 0. The zero-order chi connectivity index (χ0) is 11.9. The quantitative estimate of drug-likeness (QED) is 0.743. The molecule has 2 aliphatic heterocycles. The van der Waals surface area contributed by atoms with E-state index in [0.717, 1.165) is 25.2 Å². The molecule has 1 N–H and O–H groups in total. The number of nitrogens with one attached hydrogen (secondary N) is 1. The van der Waals surface area contributed by atoms with Crippen LogP contribution in [0.2, 0.25) is 0 Å². The second kappa shape index (κ2) is 7.34. The maximum absolute atomic E-state index is 5.40. The molecule has 0 aromatic rings. The molecule has 0 unspecified atom stereocenters. The highest BCUT2D eigenvalue weighted by Crippen LogP contribution is 2.21. The Hall–Kier alpha value is -0.120. The highest BCUT2D eigenvalue weighted by Gasteiger charge is 2.17. The molecule has 0 aromatic carbocycles. The van der Waals surface area contributed by atoms with E-state index in [1.54, 1.807) is 0 Å². The first-order valence-electron chi connectivity index (χ1n) is 7.39. The van der Waals surface area contributed by atoms with Crippen molar-refractivity contribution in [2.24, 2.45) is 5.92 Å². The SMILES string of the molecule is C[C@@H]1CNCCN1CCCCC1CCOCC1. The van der Waals surface area contributed by atoms with E-state index in [1.807, 2.05) is 0 Å². The highest BCUT2D eigenvalue weighted by atomic mass is 16.5. The van der Waals surface area contributed by atoms with Crippen molar-refractivity contribution in [3.05, 3.63) is 0 Å². The Morgan fingerprint density at radius 1 is 1.24 bits per heavy atom. The summed E-state index contributed by atoms with van der Waals surface area (Å²) in [7, 11) is 0. The monoisotopic (exact) mass is 240 g/mol. The Morgan fingerprint density at radius 3 is 2.82 bits per heavy atom. The minimum atomic E-state index is 0.729. The fourth-order valence-electron chi connectivity index (χ4n) is 3.00. The van der Waals surface area contributed by atoms with Gasteiger partial charge in [0.1, 0.15) is 0 Å². The molecule has 100 valence electrons. The van der Waals surface area contributed by atoms with Gasteiger partial charge in [-0.2, -0.15) is 0 Å². The second-order valence-corrected chi connectivity index (χ2v) is 5.64. The molecule has 2 fully saturated rings. The van der Waals surface area contributed by atoms with Gasteiger partial charge in [-0.1, -0.05) is 12.8 Å². The molecular formula is C14H28N2O. The Labute approximate surface area is 106 Å². The molecule has 2 heterocycles. The average Bonchev–Trinajstić information content (AvgIpc) is 2.38. The van der Waals surface area contributed by atoms with Crippen LogP contribution in [0.3, 0.4) is 0 Å². The summed E-state index contributed by atoms with van der Waals surface area (Å²) in [5.41, 5.74) is 0. The van der Waals surface area contributed by atoms with Gasteiger partial charge >= 0.3 is 0 Å². The van der Waals surface area contributed by atoms with Crippen LogP contribution in [-0.4, -0.2) is 50.3 Å². The maximum atomic E-state index is 5.40.